The largest absolute Gasteiger partial charge is 0.491 e. The van der Waals surface area contributed by atoms with E-state index in [4.69, 9.17) is 14.5 Å². The Bertz CT molecular complexity index is 1020. The molecule has 0 bridgehead atoms. The summed E-state index contributed by atoms with van der Waals surface area (Å²) in [5, 5.41) is 3.43. The molecule has 5 heteroatoms. The summed E-state index contributed by atoms with van der Waals surface area (Å²) >= 11 is 0. The second-order valence-corrected chi connectivity index (χ2v) is 8.20. The Morgan fingerprint density at radius 1 is 0.969 bits per heavy atom. The number of aromatic nitrogens is 2. The predicted octanol–water partition coefficient (Wildman–Crippen LogP) is 6.12. The van der Waals surface area contributed by atoms with E-state index in [0.717, 1.165) is 47.1 Å². The van der Waals surface area contributed by atoms with Crippen molar-refractivity contribution >= 4 is 5.82 Å². The number of benzene rings is 1. The van der Waals surface area contributed by atoms with Gasteiger partial charge in [0.2, 0.25) is 0 Å². The van der Waals surface area contributed by atoms with Gasteiger partial charge in [0, 0.05) is 36.5 Å². The van der Waals surface area contributed by atoms with Gasteiger partial charge in [-0.15, -0.1) is 0 Å². The van der Waals surface area contributed by atoms with Gasteiger partial charge in [0.15, 0.2) is 0 Å². The van der Waals surface area contributed by atoms with E-state index >= 15 is 0 Å². The van der Waals surface area contributed by atoms with E-state index in [1.807, 2.05) is 18.2 Å². The molecule has 2 heterocycles. The third kappa shape index (κ3) is 5.65. The van der Waals surface area contributed by atoms with Crippen LogP contribution in [0.15, 0.2) is 42.5 Å². The smallest absolute Gasteiger partial charge is 0.128 e. The molecule has 3 rings (SSSR count). The fourth-order valence-electron chi connectivity index (χ4n) is 3.93. The number of anilines is 1. The van der Waals surface area contributed by atoms with Crippen LogP contribution in [0, 0.1) is 6.92 Å². The van der Waals surface area contributed by atoms with Crippen LogP contribution < -0.4 is 10.1 Å². The summed E-state index contributed by atoms with van der Waals surface area (Å²) in [5.41, 5.74) is 7.76. The molecule has 0 saturated carbocycles. The van der Waals surface area contributed by atoms with Crippen molar-refractivity contribution < 1.29 is 9.47 Å². The molecule has 0 spiro atoms. The van der Waals surface area contributed by atoms with Gasteiger partial charge in [-0.25, -0.2) is 4.98 Å². The molecule has 0 radical (unpaired) electrons. The molecule has 0 aliphatic heterocycles. The Morgan fingerprint density at radius 3 is 2.28 bits per heavy atom. The fourth-order valence-corrected chi connectivity index (χ4v) is 3.93. The number of rotatable bonds is 10. The number of methoxy groups -OCH3 is 1. The van der Waals surface area contributed by atoms with Crippen LogP contribution in [-0.2, 0) is 30.7 Å². The predicted molar refractivity (Wildman–Crippen MR) is 131 cm³/mol. The van der Waals surface area contributed by atoms with Crippen LogP contribution in [0.3, 0.4) is 0 Å². The maximum absolute atomic E-state index is 6.27. The second kappa shape index (κ2) is 11.1. The third-order valence-electron chi connectivity index (χ3n) is 5.45. The van der Waals surface area contributed by atoms with E-state index in [2.05, 4.69) is 69.2 Å². The van der Waals surface area contributed by atoms with Crippen LogP contribution in [-0.4, -0.2) is 23.2 Å². The zero-order valence-corrected chi connectivity index (χ0v) is 20.2. The van der Waals surface area contributed by atoms with E-state index in [1.54, 1.807) is 7.11 Å². The first kappa shape index (κ1) is 23.7. The lowest BCUT2D eigenvalue weighted by Gasteiger charge is -2.20. The molecule has 0 saturated heterocycles. The number of hydrogen-bond donors (Lipinski definition) is 1. The zero-order chi connectivity index (χ0) is 23.1. The lowest BCUT2D eigenvalue weighted by molar-refractivity contribution is 0.181. The van der Waals surface area contributed by atoms with Crippen molar-refractivity contribution in [1.29, 1.82) is 0 Å². The number of pyridine rings is 2. The number of aryl methyl sites for hydroxylation is 3. The monoisotopic (exact) mass is 433 g/mol. The number of nitrogens with one attached hydrogen (secondary N) is 1. The average Bonchev–Trinajstić information content (AvgIpc) is 2.77. The fraction of sp³-hybridized carbons (Fsp3) is 0.407. The van der Waals surface area contributed by atoms with Crippen LogP contribution >= 0.6 is 0 Å². The highest BCUT2D eigenvalue weighted by Gasteiger charge is 2.17. The van der Waals surface area contributed by atoms with E-state index in [-0.39, 0.29) is 6.10 Å². The molecule has 2 aromatic heterocycles. The third-order valence-corrected chi connectivity index (χ3v) is 5.45. The Morgan fingerprint density at radius 2 is 1.66 bits per heavy atom. The second-order valence-electron chi connectivity index (χ2n) is 8.20. The van der Waals surface area contributed by atoms with Crippen LogP contribution in [0.4, 0.5) is 5.82 Å². The number of hydrogen-bond acceptors (Lipinski definition) is 5. The minimum absolute atomic E-state index is 0.0682. The highest BCUT2D eigenvalue weighted by molar-refractivity contribution is 5.70. The van der Waals surface area contributed by atoms with Gasteiger partial charge in [0.25, 0.3) is 0 Å². The van der Waals surface area contributed by atoms with E-state index in [1.165, 1.54) is 16.7 Å². The lowest BCUT2D eigenvalue weighted by atomic mass is 9.94. The Kier molecular flexibility index (Phi) is 8.23. The summed E-state index contributed by atoms with van der Waals surface area (Å²) in [6.07, 6.45) is 2.01. The van der Waals surface area contributed by atoms with Crippen LogP contribution in [0.1, 0.15) is 55.8 Å². The molecule has 3 aromatic rings. The molecular weight excluding hydrogens is 398 g/mol. The molecule has 32 heavy (non-hydrogen) atoms. The Balaban J connectivity index is 1.99. The number of ether oxygens (including phenoxy) is 2. The SMILES string of the molecule is CCc1cccc(CC)c1-c1cc(OC(C)C)c(CNc2cccc(COC)n2)c(C)n1. The molecule has 0 aliphatic rings. The standard InChI is InChI=1S/C27H35N3O2/c1-7-20-11-9-12-21(8-2)27(20)24-15-25(32-18(3)4)23(19(5)29-24)16-28-26-14-10-13-22(30-26)17-31-6/h9-15,18H,7-8,16-17H2,1-6H3,(H,28,30). The quantitative estimate of drug-likeness (QED) is 0.417. The molecule has 0 fully saturated rings. The van der Waals surface area contributed by atoms with Crippen molar-refractivity contribution in [3.8, 4) is 17.0 Å². The normalized spacial score (nSPS) is 11.1. The van der Waals surface area contributed by atoms with Gasteiger partial charge in [-0.05, 0) is 56.9 Å². The van der Waals surface area contributed by atoms with Crippen molar-refractivity contribution in [2.24, 2.45) is 0 Å². The van der Waals surface area contributed by atoms with Gasteiger partial charge in [0.05, 0.1) is 24.1 Å². The molecule has 1 N–H and O–H groups in total. The molecular formula is C27H35N3O2. The summed E-state index contributed by atoms with van der Waals surface area (Å²) < 4.78 is 11.5. The maximum Gasteiger partial charge on any atom is 0.128 e. The highest BCUT2D eigenvalue weighted by Crippen LogP contribution is 2.33. The lowest BCUT2D eigenvalue weighted by Crippen LogP contribution is -2.13. The van der Waals surface area contributed by atoms with Crippen molar-refractivity contribution in [2.45, 2.75) is 66.7 Å². The van der Waals surface area contributed by atoms with Gasteiger partial charge in [-0.3, -0.25) is 4.98 Å². The topological polar surface area (TPSA) is 56.3 Å². The minimum Gasteiger partial charge on any atom is -0.491 e. The molecule has 0 amide bonds. The van der Waals surface area contributed by atoms with E-state index in [0.29, 0.717) is 13.2 Å². The highest BCUT2D eigenvalue weighted by atomic mass is 16.5. The maximum atomic E-state index is 6.27. The minimum atomic E-state index is 0.0682. The molecule has 0 atom stereocenters. The first-order valence-electron chi connectivity index (χ1n) is 11.4. The summed E-state index contributed by atoms with van der Waals surface area (Å²) in [6.45, 7) is 11.6. The van der Waals surface area contributed by atoms with Gasteiger partial charge < -0.3 is 14.8 Å². The molecule has 170 valence electrons. The van der Waals surface area contributed by atoms with Crippen molar-refractivity contribution in [3.05, 3.63) is 70.5 Å². The molecule has 0 aliphatic carbocycles. The molecule has 1 aromatic carbocycles. The van der Waals surface area contributed by atoms with Gasteiger partial charge >= 0.3 is 0 Å². The van der Waals surface area contributed by atoms with Crippen LogP contribution in [0.5, 0.6) is 5.75 Å². The summed E-state index contributed by atoms with van der Waals surface area (Å²) in [4.78, 5) is 9.64. The van der Waals surface area contributed by atoms with Gasteiger partial charge in [0.1, 0.15) is 11.6 Å². The van der Waals surface area contributed by atoms with Gasteiger partial charge in [-0.2, -0.15) is 0 Å². The average molecular weight is 434 g/mol. The Hall–Kier alpha value is -2.92. The summed E-state index contributed by atoms with van der Waals surface area (Å²) in [6, 6.07) is 14.5. The number of nitrogens with zero attached hydrogens (tertiary/aromatic N) is 2. The van der Waals surface area contributed by atoms with Crippen molar-refractivity contribution in [1.82, 2.24) is 9.97 Å². The van der Waals surface area contributed by atoms with E-state index in [9.17, 15) is 0 Å². The Labute approximate surface area is 192 Å². The first-order valence-corrected chi connectivity index (χ1v) is 11.4. The summed E-state index contributed by atoms with van der Waals surface area (Å²) in [5.74, 6) is 1.68. The van der Waals surface area contributed by atoms with E-state index < -0.39 is 0 Å². The van der Waals surface area contributed by atoms with Crippen molar-refractivity contribution in [2.75, 3.05) is 12.4 Å². The molecule has 5 nitrogen and oxygen atoms in total. The summed E-state index contributed by atoms with van der Waals surface area (Å²) in [7, 11) is 1.68. The zero-order valence-electron chi connectivity index (χ0n) is 20.2. The van der Waals surface area contributed by atoms with Crippen LogP contribution in [0.25, 0.3) is 11.3 Å². The van der Waals surface area contributed by atoms with Crippen molar-refractivity contribution in [3.63, 3.8) is 0 Å². The molecule has 0 unspecified atom stereocenters. The van der Waals surface area contributed by atoms with Crippen LogP contribution in [0.2, 0.25) is 0 Å². The first-order chi connectivity index (χ1) is 15.5. The van der Waals surface area contributed by atoms with Gasteiger partial charge in [-0.1, -0.05) is 38.1 Å².